The molecule has 1 aliphatic rings. The lowest BCUT2D eigenvalue weighted by Gasteiger charge is -2.28. The molecule has 4 rings (SSSR count). The molecule has 0 N–H and O–H groups in total. The maximum absolute atomic E-state index is 5.48. The summed E-state index contributed by atoms with van der Waals surface area (Å²) in [4.78, 5) is 24.2. The van der Waals surface area contributed by atoms with Gasteiger partial charge >= 0.3 is 0 Å². The Morgan fingerprint density at radius 3 is 2.73 bits per heavy atom. The summed E-state index contributed by atoms with van der Waals surface area (Å²) in [6.45, 7) is 6.63. The Morgan fingerprint density at radius 2 is 2.00 bits per heavy atom. The first-order chi connectivity index (χ1) is 12.6. The molecular formula is C17H23N7OS. The van der Waals surface area contributed by atoms with Crippen LogP contribution < -0.4 is 4.90 Å². The predicted molar refractivity (Wildman–Crippen MR) is 101 cm³/mol. The van der Waals surface area contributed by atoms with Crippen molar-refractivity contribution in [2.75, 3.05) is 38.3 Å². The fraction of sp³-hybridized carbons (Fsp3) is 0.529. The normalized spacial score (nSPS) is 15.3. The molecule has 1 saturated heterocycles. The third kappa shape index (κ3) is 3.55. The molecule has 0 unspecified atom stereocenters. The number of nitrogens with zero attached hydrogens (tertiary/aromatic N) is 7. The lowest BCUT2D eigenvalue weighted by Crippen LogP contribution is -2.37. The molecule has 1 fully saturated rings. The molecule has 8 nitrogen and oxygen atoms in total. The van der Waals surface area contributed by atoms with Gasteiger partial charge in [-0.15, -0.1) is 11.3 Å². The molecule has 26 heavy (non-hydrogen) atoms. The Balaban J connectivity index is 1.60. The highest BCUT2D eigenvalue weighted by molar-refractivity contribution is 7.11. The molecule has 0 aromatic carbocycles. The maximum atomic E-state index is 5.48. The second-order valence-corrected chi connectivity index (χ2v) is 7.95. The zero-order chi connectivity index (χ0) is 18.1. The Morgan fingerprint density at radius 1 is 1.19 bits per heavy atom. The van der Waals surface area contributed by atoms with Gasteiger partial charge in [0.05, 0.1) is 32.6 Å². The van der Waals surface area contributed by atoms with Crippen LogP contribution >= 0.6 is 11.3 Å². The van der Waals surface area contributed by atoms with Crippen LogP contribution in [0.2, 0.25) is 0 Å². The third-order valence-electron chi connectivity index (χ3n) is 4.38. The number of thiazole rings is 1. The molecule has 138 valence electrons. The van der Waals surface area contributed by atoms with Crippen LogP contribution in [0.1, 0.15) is 15.7 Å². The van der Waals surface area contributed by atoms with Crippen LogP contribution in [0.4, 0.5) is 5.82 Å². The number of aromatic nitrogens is 5. The summed E-state index contributed by atoms with van der Waals surface area (Å²) in [5.74, 6) is 1.71. The van der Waals surface area contributed by atoms with Gasteiger partial charge in [0.15, 0.2) is 17.0 Å². The van der Waals surface area contributed by atoms with Gasteiger partial charge in [-0.3, -0.25) is 4.90 Å². The van der Waals surface area contributed by atoms with Gasteiger partial charge in [-0.05, 0) is 14.0 Å². The van der Waals surface area contributed by atoms with E-state index in [2.05, 4.69) is 33.7 Å². The van der Waals surface area contributed by atoms with Crippen molar-refractivity contribution in [2.24, 2.45) is 7.05 Å². The Hall–Kier alpha value is -2.10. The molecule has 3 aromatic rings. The molecule has 0 spiro atoms. The number of hydrogen-bond acceptors (Lipinski definition) is 8. The maximum Gasteiger partial charge on any atom is 0.165 e. The summed E-state index contributed by atoms with van der Waals surface area (Å²) >= 11 is 1.73. The van der Waals surface area contributed by atoms with Crippen LogP contribution in [0.3, 0.4) is 0 Å². The van der Waals surface area contributed by atoms with E-state index in [1.807, 2.05) is 17.8 Å². The smallest absolute Gasteiger partial charge is 0.165 e. The Kier molecular flexibility index (Phi) is 4.84. The number of ether oxygens (including phenoxy) is 1. The SMILES string of the molecule is Cc1cnc(CN(C)Cc2nc(N3CCOCC3)c3ncn(C)c3n2)s1. The van der Waals surface area contributed by atoms with E-state index in [0.29, 0.717) is 6.54 Å². The Bertz CT molecular complexity index is 900. The van der Waals surface area contributed by atoms with E-state index in [0.717, 1.165) is 60.7 Å². The fourth-order valence-electron chi connectivity index (χ4n) is 3.10. The standard InChI is InChI=1S/C17H23N7OS/c1-12-8-18-14(26-12)10-22(2)9-13-20-16-15(19-11-23(16)3)17(21-13)24-4-6-25-7-5-24/h8,11H,4-7,9-10H2,1-3H3. The third-order valence-corrected chi connectivity index (χ3v) is 5.28. The summed E-state index contributed by atoms with van der Waals surface area (Å²) in [6.07, 6.45) is 3.72. The first-order valence-corrected chi connectivity index (χ1v) is 9.52. The number of morpholine rings is 1. The topological polar surface area (TPSA) is 72.2 Å². The van der Waals surface area contributed by atoms with Gasteiger partial charge in [0.2, 0.25) is 0 Å². The van der Waals surface area contributed by atoms with E-state index >= 15 is 0 Å². The molecule has 0 saturated carbocycles. The van der Waals surface area contributed by atoms with E-state index in [4.69, 9.17) is 14.7 Å². The second-order valence-electron chi connectivity index (χ2n) is 6.63. The van der Waals surface area contributed by atoms with Crippen LogP contribution in [-0.4, -0.2) is 62.8 Å². The summed E-state index contributed by atoms with van der Waals surface area (Å²) in [5, 5.41) is 1.11. The van der Waals surface area contributed by atoms with Crippen molar-refractivity contribution in [3.63, 3.8) is 0 Å². The van der Waals surface area contributed by atoms with Crippen molar-refractivity contribution in [1.82, 2.24) is 29.4 Å². The van der Waals surface area contributed by atoms with Crippen molar-refractivity contribution in [1.29, 1.82) is 0 Å². The molecule has 1 aliphatic heterocycles. The van der Waals surface area contributed by atoms with Gasteiger partial charge in [0.1, 0.15) is 10.8 Å². The van der Waals surface area contributed by atoms with Gasteiger partial charge in [-0.25, -0.2) is 19.9 Å². The van der Waals surface area contributed by atoms with Gasteiger partial charge in [0, 0.05) is 31.2 Å². The van der Waals surface area contributed by atoms with Crippen LogP contribution in [0, 0.1) is 6.92 Å². The number of aryl methyl sites for hydroxylation is 2. The number of fused-ring (bicyclic) bond motifs is 1. The van der Waals surface area contributed by atoms with E-state index in [-0.39, 0.29) is 0 Å². The fourth-order valence-corrected chi connectivity index (χ4v) is 3.97. The molecule has 0 radical (unpaired) electrons. The van der Waals surface area contributed by atoms with Crippen LogP contribution in [0.15, 0.2) is 12.5 Å². The highest BCUT2D eigenvalue weighted by atomic mass is 32.1. The minimum atomic E-state index is 0.664. The van der Waals surface area contributed by atoms with Crippen LogP contribution in [0.5, 0.6) is 0 Å². The second kappa shape index (κ2) is 7.26. The van der Waals surface area contributed by atoms with Crippen molar-refractivity contribution in [2.45, 2.75) is 20.0 Å². The summed E-state index contributed by atoms with van der Waals surface area (Å²) in [7, 11) is 4.04. The zero-order valence-electron chi connectivity index (χ0n) is 15.3. The average Bonchev–Trinajstić information content (AvgIpc) is 3.21. The van der Waals surface area contributed by atoms with Crippen molar-refractivity contribution in [3.05, 3.63) is 28.2 Å². The molecule has 9 heteroatoms. The lowest BCUT2D eigenvalue weighted by molar-refractivity contribution is 0.122. The molecule has 4 heterocycles. The summed E-state index contributed by atoms with van der Waals surface area (Å²) in [6, 6.07) is 0. The molecular weight excluding hydrogens is 350 g/mol. The van der Waals surface area contributed by atoms with Gasteiger partial charge in [-0.2, -0.15) is 0 Å². The number of hydrogen-bond donors (Lipinski definition) is 0. The van der Waals surface area contributed by atoms with Gasteiger partial charge < -0.3 is 14.2 Å². The minimum Gasteiger partial charge on any atom is -0.378 e. The molecule has 0 atom stereocenters. The largest absolute Gasteiger partial charge is 0.378 e. The number of imidazole rings is 1. The first kappa shape index (κ1) is 17.3. The van der Waals surface area contributed by atoms with Crippen LogP contribution in [0.25, 0.3) is 11.2 Å². The quantitative estimate of drug-likeness (QED) is 0.672. The molecule has 3 aromatic heterocycles. The molecule has 0 bridgehead atoms. The lowest BCUT2D eigenvalue weighted by atomic mass is 10.3. The van der Waals surface area contributed by atoms with Gasteiger partial charge in [-0.1, -0.05) is 0 Å². The highest BCUT2D eigenvalue weighted by Gasteiger charge is 2.20. The zero-order valence-corrected chi connectivity index (χ0v) is 16.2. The van der Waals surface area contributed by atoms with E-state index < -0.39 is 0 Å². The van der Waals surface area contributed by atoms with Crippen molar-refractivity contribution < 1.29 is 4.74 Å². The van der Waals surface area contributed by atoms with Gasteiger partial charge in [0.25, 0.3) is 0 Å². The molecule has 0 amide bonds. The number of rotatable bonds is 5. The van der Waals surface area contributed by atoms with E-state index in [9.17, 15) is 0 Å². The predicted octanol–water partition coefficient (Wildman–Crippen LogP) is 1.60. The first-order valence-electron chi connectivity index (χ1n) is 8.70. The van der Waals surface area contributed by atoms with Crippen LogP contribution in [-0.2, 0) is 24.9 Å². The summed E-state index contributed by atoms with van der Waals surface area (Å²) < 4.78 is 7.43. The number of anilines is 1. The van der Waals surface area contributed by atoms with E-state index in [1.54, 1.807) is 17.7 Å². The Labute approximate surface area is 156 Å². The monoisotopic (exact) mass is 373 g/mol. The van der Waals surface area contributed by atoms with Crippen molar-refractivity contribution in [3.8, 4) is 0 Å². The minimum absolute atomic E-state index is 0.664. The summed E-state index contributed by atoms with van der Waals surface area (Å²) in [5.41, 5.74) is 1.73. The highest BCUT2D eigenvalue weighted by Crippen LogP contribution is 2.24. The van der Waals surface area contributed by atoms with E-state index in [1.165, 1.54) is 4.88 Å². The average molecular weight is 373 g/mol. The van der Waals surface area contributed by atoms with Crippen molar-refractivity contribution >= 4 is 28.3 Å². The molecule has 0 aliphatic carbocycles.